The van der Waals surface area contributed by atoms with E-state index in [0.29, 0.717) is 29.0 Å². The van der Waals surface area contributed by atoms with E-state index in [4.69, 9.17) is 4.74 Å². The van der Waals surface area contributed by atoms with E-state index < -0.39 is 0 Å². The lowest BCUT2D eigenvalue weighted by atomic mass is 9.35. The van der Waals surface area contributed by atoms with Crippen LogP contribution < -0.4 is 0 Å². The van der Waals surface area contributed by atoms with E-state index in [-0.39, 0.29) is 39.7 Å². The molecule has 3 nitrogen and oxygen atoms in total. The fourth-order valence-electron chi connectivity index (χ4n) is 10.5. The zero-order valence-electron chi connectivity index (χ0n) is 24.0. The smallest absolute Gasteiger partial charge is 0.302 e. The Morgan fingerprint density at radius 1 is 0.857 bits per heavy atom. The Hall–Kier alpha value is -1.12. The summed E-state index contributed by atoms with van der Waals surface area (Å²) in [5, 5.41) is 0. The molecule has 5 rings (SSSR count). The minimum absolute atomic E-state index is 0.0277. The number of hydrogen-bond donors (Lipinski definition) is 0. The summed E-state index contributed by atoms with van der Waals surface area (Å²) in [6.07, 6.45) is 11.1. The Balaban J connectivity index is 1.59. The van der Waals surface area contributed by atoms with Gasteiger partial charge in [-0.2, -0.15) is 0 Å². The molecule has 3 saturated carbocycles. The number of rotatable bonds is 1. The molecule has 0 amide bonds. The molecular formula is C32H50O3. The number of Topliss-reactive ketones (excluding diaryl/α,β-unsaturated/α-hetero) is 1. The third-order valence-corrected chi connectivity index (χ3v) is 13.0. The van der Waals surface area contributed by atoms with Crippen LogP contribution in [-0.2, 0) is 14.3 Å². The molecule has 0 aromatic rings. The van der Waals surface area contributed by atoms with Gasteiger partial charge in [-0.15, -0.1) is 0 Å². The molecule has 35 heavy (non-hydrogen) atoms. The van der Waals surface area contributed by atoms with Crippen LogP contribution in [-0.4, -0.2) is 17.9 Å². The molecule has 3 fully saturated rings. The van der Waals surface area contributed by atoms with E-state index in [1.165, 1.54) is 50.2 Å². The van der Waals surface area contributed by atoms with Gasteiger partial charge in [0.1, 0.15) is 6.10 Å². The van der Waals surface area contributed by atoms with Crippen molar-refractivity contribution < 1.29 is 14.3 Å². The molecule has 0 radical (unpaired) electrons. The zero-order chi connectivity index (χ0) is 25.8. The van der Waals surface area contributed by atoms with Gasteiger partial charge >= 0.3 is 5.97 Å². The van der Waals surface area contributed by atoms with Crippen molar-refractivity contribution in [2.75, 3.05) is 0 Å². The summed E-state index contributed by atoms with van der Waals surface area (Å²) in [6, 6.07) is 0. The quantitative estimate of drug-likeness (QED) is 0.355. The lowest BCUT2D eigenvalue weighted by molar-refractivity contribution is -0.172. The Morgan fingerprint density at radius 2 is 1.51 bits per heavy atom. The number of allylic oxidation sites excluding steroid dienone is 2. The number of esters is 1. The lowest BCUT2D eigenvalue weighted by Crippen LogP contribution is -2.62. The number of carbonyl (C=O) groups is 2. The number of hydrogen-bond acceptors (Lipinski definition) is 3. The monoisotopic (exact) mass is 482 g/mol. The van der Waals surface area contributed by atoms with Crippen molar-refractivity contribution >= 4 is 11.8 Å². The molecule has 0 aromatic heterocycles. The molecule has 0 N–H and O–H groups in total. The predicted octanol–water partition coefficient (Wildman–Crippen LogP) is 8.06. The van der Waals surface area contributed by atoms with Gasteiger partial charge in [-0.1, -0.05) is 61.0 Å². The molecule has 5 aliphatic carbocycles. The highest BCUT2D eigenvalue weighted by Crippen LogP contribution is 2.74. The molecule has 0 saturated heterocycles. The van der Waals surface area contributed by atoms with Crippen LogP contribution in [0.3, 0.4) is 0 Å². The molecule has 7 unspecified atom stereocenters. The fraction of sp³-hybridized carbons (Fsp3) is 0.875. The Labute approximate surface area is 214 Å². The molecule has 0 aliphatic heterocycles. The van der Waals surface area contributed by atoms with Gasteiger partial charge in [0, 0.05) is 29.7 Å². The first kappa shape index (κ1) is 25.5. The number of fused-ring (bicyclic) bond motifs is 6. The second-order valence-electron chi connectivity index (χ2n) is 15.7. The Morgan fingerprint density at radius 3 is 2.17 bits per heavy atom. The predicted molar refractivity (Wildman–Crippen MR) is 141 cm³/mol. The summed E-state index contributed by atoms with van der Waals surface area (Å²) in [7, 11) is 0. The zero-order valence-corrected chi connectivity index (χ0v) is 24.0. The number of ketones is 1. The average molecular weight is 483 g/mol. The maximum absolute atomic E-state index is 14.2. The summed E-state index contributed by atoms with van der Waals surface area (Å²) in [5.41, 5.74) is 3.53. The van der Waals surface area contributed by atoms with Gasteiger partial charge in [0.25, 0.3) is 0 Å². The van der Waals surface area contributed by atoms with Crippen molar-refractivity contribution in [3.63, 3.8) is 0 Å². The summed E-state index contributed by atoms with van der Waals surface area (Å²) in [5.74, 6) is 1.12. The van der Waals surface area contributed by atoms with Crippen LogP contribution in [0.5, 0.6) is 0 Å². The van der Waals surface area contributed by atoms with E-state index in [1.54, 1.807) is 0 Å². The summed E-state index contributed by atoms with van der Waals surface area (Å²) in [4.78, 5) is 26.1. The van der Waals surface area contributed by atoms with E-state index in [1.807, 2.05) is 0 Å². The average Bonchev–Trinajstić information content (AvgIpc) is 2.74. The molecule has 7 atom stereocenters. The second kappa shape index (κ2) is 7.47. The van der Waals surface area contributed by atoms with E-state index >= 15 is 0 Å². The van der Waals surface area contributed by atoms with Crippen LogP contribution in [0.4, 0.5) is 0 Å². The standard InChI is InChI=1S/C32H50O3/c1-20(33)35-25-11-12-30(7)21-10-13-31(8)24-19-27(2,3)14-15-29(24,6)16-17-32(31,9)26(21)22(34)18-23(30)28(25,4)5/h23-25H,10-19H2,1-9H3. The molecule has 3 heteroatoms. The van der Waals surface area contributed by atoms with Crippen molar-refractivity contribution in [3.05, 3.63) is 11.1 Å². The molecule has 196 valence electrons. The summed E-state index contributed by atoms with van der Waals surface area (Å²) in [6.45, 7) is 21.0. The van der Waals surface area contributed by atoms with Gasteiger partial charge in [-0.25, -0.2) is 0 Å². The van der Waals surface area contributed by atoms with Crippen LogP contribution in [0.2, 0.25) is 0 Å². The third kappa shape index (κ3) is 3.34. The van der Waals surface area contributed by atoms with Crippen LogP contribution in [0.1, 0.15) is 127 Å². The maximum Gasteiger partial charge on any atom is 0.302 e. The largest absolute Gasteiger partial charge is 0.462 e. The van der Waals surface area contributed by atoms with Crippen molar-refractivity contribution in [3.8, 4) is 0 Å². The topological polar surface area (TPSA) is 43.4 Å². The van der Waals surface area contributed by atoms with Crippen molar-refractivity contribution in [2.45, 2.75) is 133 Å². The number of carbonyl (C=O) groups excluding carboxylic acids is 2. The van der Waals surface area contributed by atoms with Crippen molar-refractivity contribution in [2.24, 2.45) is 44.3 Å². The van der Waals surface area contributed by atoms with Gasteiger partial charge in [0.15, 0.2) is 5.78 Å². The van der Waals surface area contributed by atoms with E-state index in [9.17, 15) is 9.59 Å². The SMILES string of the molecule is CC(=O)OC1CCC2(C)C3=C(C(=O)CC2C1(C)C)C1(C)CCC2(C)CCC(C)(C)CC2C1(C)CC3. The summed E-state index contributed by atoms with van der Waals surface area (Å²) >= 11 is 0. The van der Waals surface area contributed by atoms with E-state index in [2.05, 4.69) is 55.4 Å². The normalized spacial score (nSPS) is 48.3. The van der Waals surface area contributed by atoms with Crippen LogP contribution >= 0.6 is 0 Å². The lowest BCUT2D eigenvalue weighted by Gasteiger charge is -2.69. The van der Waals surface area contributed by atoms with Crippen molar-refractivity contribution in [1.29, 1.82) is 0 Å². The Kier molecular flexibility index (Phi) is 5.45. The summed E-state index contributed by atoms with van der Waals surface area (Å²) < 4.78 is 5.82. The molecule has 0 bridgehead atoms. The first-order chi connectivity index (χ1) is 16.0. The molecule has 0 spiro atoms. The highest BCUT2D eigenvalue weighted by atomic mass is 16.5. The first-order valence-corrected chi connectivity index (χ1v) is 14.4. The van der Waals surface area contributed by atoms with Gasteiger partial charge in [-0.05, 0) is 91.3 Å². The fourth-order valence-corrected chi connectivity index (χ4v) is 10.5. The van der Waals surface area contributed by atoms with Gasteiger partial charge < -0.3 is 4.74 Å². The minimum Gasteiger partial charge on any atom is -0.462 e. The molecular weight excluding hydrogens is 432 g/mol. The van der Waals surface area contributed by atoms with Gasteiger partial charge in [-0.3, -0.25) is 9.59 Å². The maximum atomic E-state index is 14.2. The van der Waals surface area contributed by atoms with Gasteiger partial charge in [0.2, 0.25) is 0 Å². The van der Waals surface area contributed by atoms with Crippen LogP contribution in [0.15, 0.2) is 11.1 Å². The second-order valence-corrected chi connectivity index (χ2v) is 15.7. The third-order valence-electron chi connectivity index (χ3n) is 13.0. The first-order valence-electron chi connectivity index (χ1n) is 14.4. The van der Waals surface area contributed by atoms with Crippen LogP contribution in [0, 0.1) is 44.3 Å². The highest BCUT2D eigenvalue weighted by molar-refractivity contribution is 5.99. The molecule has 0 heterocycles. The number of ether oxygens (including phenoxy) is 1. The van der Waals surface area contributed by atoms with E-state index in [0.717, 1.165) is 25.7 Å². The van der Waals surface area contributed by atoms with Crippen molar-refractivity contribution in [1.82, 2.24) is 0 Å². The highest BCUT2D eigenvalue weighted by Gasteiger charge is 2.67. The van der Waals surface area contributed by atoms with Gasteiger partial charge in [0.05, 0.1) is 0 Å². The molecule has 0 aromatic carbocycles. The van der Waals surface area contributed by atoms with Crippen LogP contribution in [0.25, 0.3) is 0 Å². The Bertz CT molecular complexity index is 987. The minimum atomic E-state index is -0.201. The molecule has 5 aliphatic rings.